The van der Waals surface area contributed by atoms with Crippen LogP contribution in [0, 0.1) is 11.7 Å². The van der Waals surface area contributed by atoms with Gasteiger partial charge in [-0.05, 0) is 37.0 Å². The number of nitrogens with one attached hydrogen (secondary N) is 1. The summed E-state index contributed by atoms with van der Waals surface area (Å²) in [6.45, 7) is 2.07. The van der Waals surface area contributed by atoms with Crippen molar-refractivity contribution >= 4 is 11.7 Å². The predicted octanol–water partition coefficient (Wildman–Crippen LogP) is 3.36. The van der Waals surface area contributed by atoms with Gasteiger partial charge in [0.2, 0.25) is 0 Å². The van der Waals surface area contributed by atoms with Gasteiger partial charge in [-0.25, -0.2) is 9.18 Å². The number of benzene rings is 1. The maximum absolute atomic E-state index is 13.3. The molecule has 0 aromatic heterocycles. The molecule has 2 rings (SSSR count). The van der Waals surface area contributed by atoms with E-state index in [0.29, 0.717) is 5.69 Å². The Labute approximate surface area is 113 Å². The maximum Gasteiger partial charge on any atom is 0.331 e. The summed E-state index contributed by atoms with van der Waals surface area (Å²) < 4.78 is 18.2. The molecule has 4 heteroatoms. The molecule has 2 unspecified atom stereocenters. The Bertz CT molecular complexity index is 463. The van der Waals surface area contributed by atoms with Gasteiger partial charge in [-0.3, -0.25) is 0 Å². The lowest BCUT2D eigenvalue weighted by Gasteiger charge is -2.34. The van der Waals surface area contributed by atoms with E-state index < -0.39 is 5.54 Å². The first kappa shape index (κ1) is 13.8. The van der Waals surface area contributed by atoms with E-state index >= 15 is 0 Å². The van der Waals surface area contributed by atoms with E-state index in [1.807, 2.05) is 0 Å². The second kappa shape index (κ2) is 5.59. The van der Waals surface area contributed by atoms with E-state index in [1.54, 1.807) is 12.1 Å². The number of hydrogen-bond donors (Lipinski definition) is 1. The topological polar surface area (TPSA) is 38.3 Å². The molecule has 19 heavy (non-hydrogen) atoms. The van der Waals surface area contributed by atoms with E-state index in [9.17, 15) is 9.18 Å². The third-order valence-corrected chi connectivity index (χ3v) is 4.06. The molecule has 0 radical (unpaired) electrons. The van der Waals surface area contributed by atoms with Crippen LogP contribution in [0.15, 0.2) is 24.3 Å². The van der Waals surface area contributed by atoms with Crippen LogP contribution in [0.4, 0.5) is 10.1 Å². The molecule has 1 fully saturated rings. The fourth-order valence-corrected chi connectivity index (χ4v) is 3.12. The molecule has 2 atom stereocenters. The van der Waals surface area contributed by atoms with Crippen LogP contribution in [0.25, 0.3) is 0 Å². The molecule has 1 aliphatic carbocycles. The second-order valence-electron chi connectivity index (χ2n) is 5.10. The number of halogens is 1. The van der Waals surface area contributed by atoms with Gasteiger partial charge in [0.05, 0.1) is 7.11 Å². The first-order chi connectivity index (χ1) is 9.12. The zero-order chi connectivity index (χ0) is 13.9. The van der Waals surface area contributed by atoms with E-state index in [1.165, 1.54) is 19.2 Å². The van der Waals surface area contributed by atoms with Crippen molar-refractivity contribution in [3.8, 4) is 0 Å². The van der Waals surface area contributed by atoms with Crippen molar-refractivity contribution in [2.75, 3.05) is 12.4 Å². The molecule has 3 nitrogen and oxygen atoms in total. The highest BCUT2D eigenvalue weighted by atomic mass is 19.1. The Hall–Kier alpha value is -1.58. The van der Waals surface area contributed by atoms with Gasteiger partial charge in [-0.2, -0.15) is 0 Å². The molecule has 1 aliphatic rings. The van der Waals surface area contributed by atoms with Crippen LogP contribution < -0.4 is 5.32 Å². The maximum atomic E-state index is 13.3. The molecule has 0 spiro atoms. The van der Waals surface area contributed by atoms with Crippen molar-refractivity contribution in [1.82, 2.24) is 0 Å². The lowest BCUT2D eigenvalue weighted by Crippen LogP contribution is -2.50. The van der Waals surface area contributed by atoms with Crippen molar-refractivity contribution in [2.45, 2.75) is 38.1 Å². The summed E-state index contributed by atoms with van der Waals surface area (Å²) in [6.07, 6.45) is 3.61. The van der Waals surface area contributed by atoms with Crippen LogP contribution in [-0.4, -0.2) is 18.6 Å². The van der Waals surface area contributed by atoms with Crippen LogP contribution in [-0.2, 0) is 9.53 Å². The average molecular weight is 265 g/mol. The number of rotatable bonds is 4. The first-order valence-electron chi connectivity index (χ1n) is 6.74. The second-order valence-corrected chi connectivity index (χ2v) is 5.10. The van der Waals surface area contributed by atoms with Crippen molar-refractivity contribution in [3.05, 3.63) is 30.1 Å². The van der Waals surface area contributed by atoms with Crippen LogP contribution in [0.5, 0.6) is 0 Å². The first-order valence-corrected chi connectivity index (χ1v) is 6.74. The highest BCUT2D eigenvalue weighted by Gasteiger charge is 2.49. The Balaban J connectivity index is 2.31. The SMILES string of the molecule is CCC1CCCC1(Nc1cccc(F)c1)C(=O)OC. The number of esters is 1. The third kappa shape index (κ3) is 2.57. The zero-order valence-electron chi connectivity index (χ0n) is 11.4. The van der Waals surface area contributed by atoms with Gasteiger partial charge in [0.15, 0.2) is 0 Å². The highest BCUT2D eigenvalue weighted by molar-refractivity contribution is 5.85. The molecule has 0 saturated heterocycles. The molecule has 1 aromatic rings. The molecule has 1 N–H and O–H groups in total. The number of methoxy groups -OCH3 is 1. The predicted molar refractivity (Wildman–Crippen MR) is 72.4 cm³/mol. The minimum atomic E-state index is -0.711. The van der Waals surface area contributed by atoms with E-state index in [-0.39, 0.29) is 17.7 Å². The highest BCUT2D eigenvalue weighted by Crippen LogP contribution is 2.41. The monoisotopic (exact) mass is 265 g/mol. The fourth-order valence-electron chi connectivity index (χ4n) is 3.12. The van der Waals surface area contributed by atoms with Gasteiger partial charge in [-0.15, -0.1) is 0 Å². The Kier molecular flexibility index (Phi) is 4.08. The van der Waals surface area contributed by atoms with E-state index in [0.717, 1.165) is 25.7 Å². The Morgan fingerprint density at radius 3 is 3.00 bits per heavy atom. The van der Waals surface area contributed by atoms with Gasteiger partial charge in [0.1, 0.15) is 11.4 Å². The molecule has 104 valence electrons. The molecular weight excluding hydrogens is 245 g/mol. The number of hydrogen-bond acceptors (Lipinski definition) is 3. The van der Waals surface area contributed by atoms with Crippen molar-refractivity contribution in [1.29, 1.82) is 0 Å². The van der Waals surface area contributed by atoms with Gasteiger partial charge in [0.25, 0.3) is 0 Å². The third-order valence-electron chi connectivity index (χ3n) is 4.06. The quantitative estimate of drug-likeness (QED) is 0.848. The Morgan fingerprint density at radius 1 is 1.58 bits per heavy atom. The van der Waals surface area contributed by atoms with Gasteiger partial charge in [-0.1, -0.05) is 25.8 Å². The Morgan fingerprint density at radius 2 is 2.37 bits per heavy atom. The molecule has 1 aromatic carbocycles. The van der Waals surface area contributed by atoms with E-state index in [2.05, 4.69) is 12.2 Å². The molecule has 0 bridgehead atoms. The lowest BCUT2D eigenvalue weighted by molar-refractivity contribution is -0.147. The number of carbonyl (C=O) groups excluding carboxylic acids is 1. The fraction of sp³-hybridized carbons (Fsp3) is 0.533. The summed E-state index contributed by atoms with van der Waals surface area (Å²) in [5.41, 5.74) is -0.0807. The van der Waals surface area contributed by atoms with Crippen LogP contribution >= 0.6 is 0 Å². The van der Waals surface area contributed by atoms with Crippen LogP contribution in [0.3, 0.4) is 0 Å². The van der Waals surface area contributed by atoms with Gasteiger partial charge < -0.3 is 10.1 Å². The number of anilines is 1. The van der Waals surface area contributed by atoms with Crippen molar-refractivity contribution in [3.63, 3.8) is 0 Å². The average Bonchev–Trinajstić information content (AvgIpc) is 2.81. The lowest BCUT2D eigenvalue weighted by atomic mass is 9.84. The minimum absolute atomic E-state index is 0.225. The zero-order valence-corrected chi connectivity index (χ0v) is 11.4. The largest absolute Gasteiger partial charge is 0.467 e. The molecule has 0 aliphatic heterocycles. The number of carbonyl (C=O) groups is 1. The van der Waals surface area contributed by atoms with Crippen LogP contribution in [0.1, 0.15) is 32.6 Å². The molecular formula is C15H20FNO2. The molecule has 0 heterocycles. The van der Waals surface area contributed by atoms with Crippen LogP contribution in [0.2, 0.25) is 0 Å². The van der Waals surface area contributed by atoms with Gasteiger partial charge in [0, 0.05) is 5.69 Å². The summed E-state index contributed by atoms with van der Waals surface area (Å²) in [5.74, 6) is -0.333. The molecule has 0 amide bonds. The smallest absolute Gasteiger partial charge is 0.331 e. The summed E-state index contributed by atoms with van der Waals surface area (Å²) in [5, 5.41) is 3.23. The summed E-state index contributed by atoms with van der Waals surface area (Å²) in [7, 11) is 1.41. The van der Waals surface area contributed by atoms with E-state index in [4.69, 9.17) is 4.74 Å². The standard InChI is InChI=1S/C15H20FNO2/c1-3-11-6-5-9-15(11,14(18)19-2)17-13-8-4-7-12(16)10-13/h4,7-8,10-11,17H,3,5-6,9H2,1-2H3. The summed E-state index contributed by atoms with van der Waals surface area (Å²) in [4.78, 5) is 12.2. The van der Waals surface area contributed by atoms with Crippen molar-refractivity contribution < 1.29 is 13.9 Å². The number of ether oxygens (including phenoxy) is 1. The molecule has 1 saturated carbocycles. The van der Waals surface area contributed by atoms with Crippen molar-refractivity contribution in [2.24, 2.45) is 5.92 Å². The summed E-state index contributed by atoms with van der Waals surface area (Å²) in [6, 6.07) is 6.22. The normalized spacial score (nSPS) is 26.2. The summed E-state index contributed by atoms with van der Waals surface area (Å²) >= 11 is 0. The minimum Gasteiger partial charge on any atom is -0.467 e. The van der Waals surface area contributed by atoms with Gasteiger partial charge >= 0.3 is 5.97 Å².